The Morgan fingerprint density at radius 2 is 1.59 bits per heavy atom. The first-order valence-corrected chi connectivity index (χ1v) is 11.3. The zero-order chi connectivity index (χ0) is 24.1. The second-order valence-electron chi connectivity index (χ2n) is 8.25. The van der Waals surface area contributed by atoms with Gasteiger partial charge >= 0.3 is 0 Å². The van der Waals surface area contributed by atoms with Crippen molar-refractivity contribution in [2.24, 2.45) is 0 Å². The Bertz CT molecular complexity index is 1330. The van der Waals surface area contributed by atoms with Gasteiger partial charge in [0.25, 0.3) is 0 Å². The number of nitrogens with zero attached hydrogens (tertiary/aromatic N) is 1. The summed E-state index contributed by atoms with van der Waals surface area (Å²) in [6, 6.07) is 19.9. The predicted octanol–water partition coefficient (Wildman–Crippen LogP) is 7.76. The molecule has 0 aromatic heterocycles. The molecule has 0 radical (unpaired) electrons. The van der Waals surface area contributed by atoms with E-state index in [9.17, 15) is 8.78 Å². The molecule has 0 atom stereocenters. The van der Waals surface area contributed by atoms with Crippen LogP contribution in [0.5, 0.6) is 5.75 Å². The van der Waals surface area contributed by atoms with E-state index in [1.54, 1.807) is 36.4 Å². The molecule has 0 saturated heterocycles. The molecule has 0 unspecified atom stereocenters. The first kappa shape index (κ1) is 23.4. The highest BCUT2D eigenvalue weighted by atomic mass is 19.1. The summed E-state index contributed by atoms with van der Waals surface area (Å²) in [7, 11) is 0. The van der Waals surface area contributed by atoms with Gasteiger partial charge in [0.2, 0.25) is 0 Å². The van der Waals surface area contributed by atoms with Crippen LogP contribution >= 0.6 is 0 Å². The molecule has 5 heteroatoms. The summed E-state index contributed by atoms with van der Waals surface area (Å²) in [6.07, 6.45) is 2.86. The molecule has 0 heterocycles. The fourth-order valence-electron chi connectivity index (χ4n) is 3.95. The third-order valence-electron chi connectivity index (χ3n) is 5.87. The van der Waals surface area contributed by atoms with E-state index in [0.717, 1.165) is 18.4 Å². The first-order valence-electron chi connectivity index (χ1n) is 11.3. The molecule has 0 fully saturated rings. The zero-order valence-corrected chi connectivity index (χ0v) is 18.9. The highest BCUT2D eigenvalue weighted by molar-refractivity contribution is 5.88. The Balaban J connectivity index is 1.57. The third-order valence-corrected chi connectivity index (χ3v) is 5.87. The lowest BCUT2D eigenvalue weighted by Crippen LogP contribution is -1.99. The average Bonchev–Trinajstić information content (AvgIpc) is 2.84. The molecule has 0 N–H and O–H groups in total. The Morgan fingerprint density at radius 1 is 0.853 bits per heavy atom. The van der Waals surface area contributed by atoms with Gasteiger partial charge in [0.05, 0.1) is 23.8 Å². The fourth-order valence-corrected chi connectivity index (χ4v) is 3.95. The molecule has 4 rings (SSSR count). The number of benzene rings is 4. The van der Waals surface area contributed by atoms with Crippen molar-refractivity contribution in [2.45, 2.75) is 32.6 Å². The highest BCUT2D eigenvalue weighted by Crippen LogP contribution is 2.33. The van der Waals surface area contributed by atoms with E-state index < -0.39 is 11.6 Å². The molecular weight excluding hydrogens is 435 g/mol. The smallest absolute Gasteiger partial charge is 0.137 e. The number of ether oxygens (including phenoxy) is 1. The summed E-state index contributed by atoms with van der Waals surface area (Å²) in [5.74, 6) is -1.61. The van der Waals surface area contributed by atoms with Crippen LogP contribution in [0.4, 0.5) is 13.2 Å². The van der Waals surface area contributed by atoms with Crippen molar-refractivity contribution in [1.29, 1.82) is 5.26 Å². The highest BCUT2D eigenvalue weighted by Gasteiger charge is 2.16. The molecule has 4 aromatic carbocycles. The summed E-state index contributed by atoms with van der Waals surface area (Å²) in [4.78, 5) is 0. The van der Waals surface area contributed by atoms with Crippen molar-refractivity contribution in [2.75, 3.05) is 6.61 Å². The molecule has 34 heavy (non-hydrogen) atoms. The molecule has 4 aromatic rings. The van der Waals surface area contributed by atoms with Crippen LogP contribution in [0.25, 0.3) is 21.9 Å². The summed E-state index contributed by atoms with van der Waals surface area (Å²) < 4.78 is 50.1. The van der Waals surface area contributed by atoms with Crippen molar-refractivity contribution >= 4 is 10.8 Å². The number of nitriles is 1. The molecule has 2 nitrogen and oxygen atoms in total. The third kappa shape index (κ3) is 5.07. The summed E-state index contributed by atoms with van der Waals surface area (Å²) >= 11 is 0. The van der Waals surface area contributed by atoms with Crippen LogP contribution in [0.1, 0.15) is 36.5 Å². The lowest BCUT2D eigenvalue weighted by Gasteiger charge is -2.12. The van der Waals surface area contributed by atoms with Gasteiger partial charge < -0.3 is 4.74 Å². The number of halogens is 3. The summed E-state index contributed by atoms with van der Waals surface area (Å²) in [5, 5.41) is 9.87. The standard InChI is InChI=1S/C29H24F3NO/c1-2-3-14-34-24-16-26(30)28(27(31)17-24)23-12-13-25-22(15-23)11-10-21(29(25)32)9-8-19-4-6-20(18-33)7-5-19/h4-7,10-13,15-17H,2-3,8-9,14H2,1H3. The van der Waals surface area contributed by atoms with Gasteiger partial charge in [0.1, 0.15) is 23.2 Å². The van der Waals surface area contributed by atoms with Gasteiger partial charge in [-0.15, -0.1) is 0 Å². The maximum Gasteiger partial charge on any atom is 0.137 e. The Labute approximate surface area is 197 Å². The monoisotopic (exact) mass is 459 g/mol. The summed E-state index contributed by atoms with van der Waals surface area (Å²) in [6.45, 7) is 2.41. The quantitative estimate of drug-likeness (QED) is 0.252. The van der Waals surface area contributed by atoms with E-state index in [-0.39, 0.29) is 17.1 Å². The van der Waals surface area contributed by atoms with Crippen LogP contribution in [-0.4, -0.2) is 6.61 Å². The van der Waals surface area contributed by atoms with Gasteiger partial charge in [-0.05, 0) is 59.5 Å². The Hall–Kier alpha value is -3.78. The van der Waals surface area contributed by atoms with Gasteiger partial charge in [0.15, 0.2) is 0 Å². The first-order chi connectivity index (χ1) is 16.5. The van der Waals surface area contributed by atoms with Gasteiger partial charge in [-0.2, -0.15) is 5.26 Å². The molecule has 0 spiro atoms. The number of aryl methyl sites for hydroxylation is 2. The minimum atomic E-state index is -0.717. The van der Waals surface area contributed by atoms with Gasteiger partial charge in [-0.25, -0.2) is 13.2 Å². The number of fused-ring (bicyclic) bond motifs is 1. The van der Waals surface area contributed by atoms with Crippen LogP contribution in [0.3, 0.4) is 0 Å². The molecule has 0 bridgehead atoms. The van der Waals surface area contributed by atoms with Crippen molar-refractivity contribution < 1.29 is 17.9 Å². The van der Waals surface area contributed by atoms with E-state index in [4.69, 9.17) is 10.00 Å². The van der Waals surface area contributed by atoms with Crippen LogP contribution in [-0.2, 0) is 12.8 Å². The van der Waals surface area contributed by atoms with Gasteiger partial charge in [-0.1, -0.05) is 49.7 Å². The minimum absolute atomic E-state index is 0.157. The second kappa shape index (κ2) is 10.4. The van der Waals surface area contributed by atoms with E-state index in [0.29, 0.717) is 46.9 Å². The topological polar surface area (TPSA) is 33.0 Å². The van der Waals surface area contributed by atoms with Crippen LogP contribution in [0.2, 0.25) is 0 Å². The number of hydrogen-bond donors (Lipinski definition) is 0. The SMILES string of the molecule is CCCCOc1cc(F)c(-c2ccc3c(F)c(CCc4ccc(C#N)cc4)ccc3c2)c(F)c1. The van der Waals surface area contributed by atoms with E-state index in [1.165, 1.54) is 18.2 Å². The van der Waals surface area contributed by atoms with E-state index in [1.807, 2.05) is 19.1 Å². The van der Waals surface area contributed by atoms with Crippen molar-refractivity contribution in [3.8, 4) is 22.9 Å². The maximum atomic E-state index is 15.2. The van der Waals surface area contributed by atoms with Crippen LogP contribution in [0, 0.1) is 28.8 Å². The van der Waals surface area contributed by atoms with Gasteiger partial charge in [0, 0.05) is 17.5 Å². The molecule has 0 aliphatic rings. The van der Waals surface area contributed by atoms with Crippen LogP contribution in [0.15, 0.2) is 66.7 Å². The Morgan fingerprint density at radius 3 is 2.26 bits per heavy atom. The van der Waals surface area contributed by atoms with Crippen molar-refractivity contribution in [1.82, 2.24) is 0 Å². The molecule has 0 saturated carbocycles. The minimum Gasteiger partial charge on any atom is -0.493 e. The summed E-state index contributed by atoms with van der Waals surface area (Å²) in [5.41, 5.74) is 2.35. The second-order valence-corrected chi connectivity index (χ2v) is 8.25. The average molecular weight is 460 g/mol. The maximum absolute atomic E-state index is 15.2. The van der Waals surface area contributed by atoms with Crippen LogP contribution < -0.4 is 4.74 Å². The number of unbranched alkanes of at least 4 members (excludes halogenated alkanes) is 1. The predicted molar refractivity (Wildman–Crippen MR) is 128 cm³/mol. The molecule has 0 aliphatic carbocycles. The van der Waals surface area contributed by atoms with E-state index in [2.05, 4.69) is 6.07 Å². The Kier molecular flexibility index (Phi) is 7.18. The normalized spacial score (nSPS) is 10.9. The molecule has 0 amide bonds. The molecule has 172 valence electrons. The molecular formula is C29H24F3NO. The lowest BCUT2D eigenvalue weighted by atomic mass is 9.96. The van der Waals surface area contributed by atoms with Crippen molar-refractivity contribution in [3.05, 3.63) is 101 Å². The lowest BCUT2D eigenvalue weighted by molar-refractivity contribution is 0.306. The van der Waals surface area contributed by atoms with Crippen molar-refractivity contribution in [3.63, 3.8) is 0 Å². The van der Waals surface area contributed by atoms with Gasteiger partial charge in [-0.3, -0.25) is 0 Å². The fraction of sp³-hybridized carbons (Fsp3) is 0.207. The largest absolute Gasteiger partial charge is 0.493 e. The zero-order valence-electron chi connectivity index (χ0n) is 18.9. The molecule has 0 aliphatic heterocycles. The number of hydrogen-bond acceptors (Lipinski definition) is 2. The number of rotatable bonds is 8. The van der Waals surface area contributed by atoms with E-state index >= 15 is 4.39 Å².